The average molecular weight is 363 g/mol. The van der Waals surface area contributed by atoms with Gasteiger partial charge in [0.05, 0.1) is 6.42 Å². The van der Waals surface area contributed by atoms with Gasteiger partial charge in [0.25, 0.3) is 0 Å². The lowest BCUT2D eigenvalue weighted by Crippen LogP contribution is -2.14. The molecule has 4 heteroatoms. The minimum atomic E-state index is -0.0362. The predicted octanol–water partition coefficient (Wildman–Crippen LogP) is 5.65. The largest absolute Gasteiger partial charge is 0.341 e. The van der Waals surface area contributed by atoms with Crippen LogP contribution in [0.5, 0.6) is 0 Å². The van der Waals surface area contributed by atoms with Gasteiger partial charge in [0, 0.05) is 39.1 Å². The number of amides is 1. The molecule has 0 atom stereocenters. The molecule has 1 amide bonds. The first kappa shape index (κ1) is 16.7. The fraction of sp³-hybridized carbons (Fsp3) is 0.136. The third kappa shape index (κ3) is 3.06. The maximum Gasteiger partial charge on any atom is 0.228 e. The molecule has 130 valence electrons. The average Bonchev–Trinajstić information content (AvgIpc) is 2.97. The van der Waals surface area contributed by atoms with E-state index in [0.29, 0.717) is 11.4 Å². The van der Waals surface area contributed by atoms with Gasteiger partial charge in [-0.25, -0.2) is 0 Å². The normalized spacial score (nSPS) is 11.2. The van der Waals surface area contributed by atoms with Crippen molar-refractivity contribution in [2.24, 2.45) is 0 Å². The Balaban J connectivity index is 1.64. The standard InChI is InChI=1S/C22H19ClN2O/c1-2-25-20-6-4-3-5-18(20)19-14-17(11-12-21(19)25)24-22(26)13-15-7-9-16(23)10-8-15/h3-12,14H,2,13H2,1H3,(H,24,26). The number of nitrogens with one attached hydrogen (secondary N) is 1. The highest BCUT2D eigenvalue weighted by Crippen LogP contribution is 2.31. The Kier molecular flexibility index (Phi) is 4.39. The minimum absolute atomic E-state index is 0.0362. The second-order valence-corrected chi connectivity index (χ2v) is 6.78. The quantitative estimate of drug-likeness (QED) is 0.500. The van der Waals surface area contributed by atoms with E-state index in [9.17, 15) is 4.79 Å². The number of anilines is 1. The van der Waals surface area contributed by atoms with Gasteiger partial charge in [0.1, 0.15) is 0 Å². The molecule has 3 aromatic carbocycles. The van der Waals surface area contributed by atoms with Gasteiger partial charge in [-0.15, -0.1) is 0 Å². The van der Waals surface area contributed by atoms with Crippen LogP contribution in [0.3, 0.4) is 0 Å². The second-order valence-electron chi connectivity index (χ2n) is 6.34. The first-order valence-electron chi connectivity index (χ1n) is 8.71. The van der Waals surface area contributed by atoms with Crippen LogP contribution in [0.1, 0.15) is 12.5 Å². The number of benzene rings is 3. The lowest BCUT2D eigenvalue weighted by molar-refractivity contribution is -0.115. The molecule has 1 heterocycles. The van der Waals surface area contributed by atoms with Gasteiger partial charge in [0.2, 0.25) is 5.91 Å². The van der Waals surface area contributed by atoms with Gasteiger partial charge < -0.3 is 9.88 Å². The van der Waals surface area contributed by atoms with Crippen molar-refractivity contribution in [2.45, 2.75) is 19.9 Å². The van der Waals surface area contributed by atoms with E-state index in [1.165, 1.54) is 16.4 Å². The van der Waals surface area contributed by atoms with Crippen molar-refractivity contribution in [3.05, 3.63) is 77.3 Å². The molecular formula is C22H19ClN2O. The Labute approximate surface area is 157 Å². The number of fused-ring (bicyclic) bond motifs is 3. The third-order valence-corrected chi connectivity index (χ3v) is 4.90. The van der Waals surface area contributed by atoms with Crippen molar-refractivity contribution < 1.29 is 4.79 Å². The van der Waals surface area contributed by atoms with Crippen molar-refractivity contribution in [1.82, 2.24) is 4.57 Å². The molecular weight excluding hydrogens is 344 g/mol. The summed E-state index contributed by atoms with van der Waals surface area (Å²) >= 11 is 5.89. The second kappa shape index (κ2) is 6.85. The number of carbonyl (C=O) groups is 1. The number of rotatable bonds is 4. The maximum absolute atomic E-state index is 12.4. The fourth-order valence-electron chi connectivity index (χ4n) is 3.46. The van der Waals surface area contributed by atoms with Gasteiger partial charge in [-0.2, -0.15) is 0 Å². The summed E-state index contributed by atoms with van der Waals surface area (Å²) in [5.74, 6) is -0.0362. The van der Waals surface area contributed by atoms with Crippen molar-refractivity contribution >= 4 is 45.0 Å². The highest BCUT2D eigenvalue weighted by molar-refractivity contribution is 6.30. The number of carbonyl (C=O) groups excluding carboxylic acids is 1. The summed E-state index contributed by atoms with van der Waals surface area (Å²) < 4.78 is 2.30. The van der Waals surface area contributed by atoms with Gasteiger partial charge in [0.15, 0.2) is 0 Å². The van der Waals surface area contributed by atoms with Crippen molar-refractivity contribution in [3.63, 3.8) is 0 Å². The van der Waals surface area contributed by atoms with Crippen molar-refractivity contribution in [3.8, 4) is 0 Å². The van der Waals surface area contributed by atoms with E-state index >= 15 is 0 Å². The Bertz CT molecular complexity index is 1100. The van der Waals surface area contributed by atoms with Crippen LogP contribution >= 0.6 is 11.6 Å². The van der Waals surface area contributed by atoms with Crippen LogP contribution in [0.15, 0.2) is 66.7 Å². The van der Waals surface area contributed by atoms with Crippen LogP contribution in [0, 0.1) is 0 Å². The van der Waals surface area contributed by atoms with E-state index in [2.05, 4.69) is 47.1 Å². The maximum atomic E-state index is 12.4. The lowest BCUT2D eigenvalue weighted by atomic mass is 10.1. The molecule has 0 aliphatic carbocycles. The molecule has 0 unspecified atom stereocenters. The fourth-order valence-corrected chi connectivity index (χ4v) is 3.59. The van der Waals surface area contributed by atoms with Crippen LogP contribution in [-0.4, -0.2) is 10.5 Å². The summed E-state index contributed by atoms with van der Waals surface area (Å²) in [5, 5.41) is 6.05. The predicted molar refractivity (Wildman–Crippen MR) is 109 cm³/mol. The highest BCUT2D eigenvalue weighted by Gasteiger charge is 2.11. The van der Waals surface area contributed by atoms with E-state index < -0.39 is 0 Å². The van der Waals surface area contributed by atoms with Gasteiger partial charge in [-0.1, -0.05) is 41.9 Å². The molecule has 0 fully saturated rings. The van der Waals surface area contributed by atoms with Crippen LogP contribution in [0.25, 0.3) is 21.8 Å². The number of hydrogen-bond donors (Lipinski definition) is 1. The smallest absolute Gasteiger partial charge is 0.228 e. The zero-order valence-electron chi connectivity index (χ0n) is 14.5. The minimum Gasteiger partial charge on any atom is -0.341 e. The zero-order chi connectivity index (χ0) is 18.1. The molecule has 3 nitrogen and oxygen atoms in total. The molecule has 0 spiro atoms. The number of aromatic nitrogens is 1. The molecule has 1 N–H and O–H groups in total. The monoisotopic (exact) mass is 362 g/mol. The van der Waals surface area contributed by atoms with Crippen LogP contribution in [0.2, 0.25) is 5.02 Å². The van der Waals surface area contributed by atoms with Gasteiger partial charge >= 0.3 is 0 Å². The van der Waals surface area contributed by atoms with E-state index in [1.54, 1.807) is 12.1 Å². The first-order chi connectivity index (χ1) is 12.7. The molecule has 0 bridgehead atoms. The van der Waals surface area contributed by atoms with Crippen LogP contribution < -0.4 is 5.32 Å². The SMILES string of the molecule is CCn1c2ccccc2c2cc(NC(=O)Cc3ccc(Cl)cc3)ccc21. The lowest BCUT2D eigenvalue weighted by Gasteiger charge is -2.07. The van der Waals surface area contributed by atoms with Crippen LogP contribution in [0.4, 0.5) is 5.69 Å². The number of aryl methyl sites for hydroxylation is 1. The van der Waals surface area contributed by atoms with E-state index in [1.807, 2.05) is 24.3 Å². The highest BCUT2D eigenvalue weighted by atomic mass is 35.5. The summed E-state index contributed by atoms with van der Waals surface area (Å²) in [6.45, 7) is 3.06. The number of halogens is 1. The summed E-state index contributed by atoms with van der Waals surface area (Å²) in [5.41, 5.74) is 4.16. The summed E-state index contributed by atoms with van der Waals surface area (Å²) in [6, 6.07) is 21.8. The van der Waals surface area contributed by atoms with Gasteiger partial charge in [-0.3, -0.25) is 4.79 Å². The Morgan fingerprint density at radius 3 is 2.46 bits per heavy atom. The molecule has 0 radical (unpaired) electrons. The molecule has 0 saturated heterocycles. The van der Waals surface area contributed by atoms with Gasteiger partial charge in [-0.05, 0) is 48.9 Å². The number of nitrogens with zero attached hydrogens (tertiary/aromatic N) is 1. The Morgan fingerprint density at radius 1 is 0.962 bits per heavy atom. The summed E-state index contributed by atoms with van der Waals surface area (Å²) in [7, 11) is 0. The molecule has 0 saturated carbocycles. The van der Waals surface area contributed by atoms with E-state index in [4.69, 9.17) is 11.6 Å². The molecule has 1 aromatic heterocycles. The number of hydrogen-bond acceptors (Lipinski definition) is 1. The zero-order valence-corrected chi connectivity index (χ0v) is 15.3. The summed E-state index contributed by atoms with van der Waals surface area (Å²) in [6.07, 6.45) is 0.325. The molecule has 4 rings (SSSR count). The topological polar surface area (TPSA) is 34.0 Å². The Morgan fingerprint density at radius 2 is 1.69 bits per heavy atom. The Hall–Kier alpha value is -2.78. The molecule has 4 aromatic rings. The summed E-state index contributed by atoms with van der Waals surface area (Å²) in [4.78, 5) is 12.4. The molecule has 26 heavy (non-hydrogen) atoms. The van der Waals surface area contributed by atoms with Crippen molar-refractivity contribution in [2.75, 3.05) is 5.32 Å². The molecule has 0 aliphatic rings. The van der Waals surface area contributed by atoms with E-state index in [-0.39, 0.29) is 5.91 Å². The third-order valence-electron chi connectivity index (χ3n) is 4.65. The molecule has 0 aliphatic heterocycles. The van der Waals surface area contributed by atoms with Crippen molar-refractivity contribution in [1.29, 1.82) is 0 Å². The first-order valence-corrected chi connectivity index (χ1v) is 9.09. The van der Waals surface area contributed by atoms with E-state index in [0.717, 1.165) is 23.2 Å². The number of para-hydroxylation sites is 1. The van der Waals surface area contributed by atoms with Crippen LogP contribution in [-0.2, 0) is 17.8 Å².